The van der Waals surface area contributed by atoms with Crippen LogP contribution in [-0.2, 0) is 4.74 Å². The van der Waals surface area contributed by atoms with Gasteiger partial charge in [0, 0.05) is 12.1 Å². The fourth-order valence-corrected chi connectivity index (χ4v) is 3.93. The Morgan fingerprint density at radius 2 is 1.88 bits per heavy atom. The number of nitrogens with one attached hydrogen (secondary N) is 1. The van der Waals surface area contributed by atoms with Gasteiger partial charge in [0.15, 0.2) is 0 Å². The Bertz CT molecular complexity index is 574. The summed E-state index contributed by atoms with van der Waals surface area (Å²) in [5.41, 5.74) is 7.02. The molecule has 2 atom stereocenters. The highest BCUT2D eigenvalue weighted by Gasteiger charge is 2.31. The van der Waals surface area contributed by atoms with Crippen molar-refractivity contribution in [3.8, 4) is 5.75 Å². The standard InChI is InChI=1S/C19H27F3N2O2/c20-19(21,22)26-16-4-1-3-14(11-16)13-6-8-15(9-7-13)25-12-18-17(23)5-2-10-24-18/h1,3-4,11,13,15,17-18,24H,2,5-10,12,23H2. The van der Waals surface area contributed by atoms with Crippen molar-refractivity contribution in [2.45, 2.75) is 69.0 Å². The van der Waals surface area contributed by atoms with E-state index in [1.165, 1.54) is 12.1 Å². The van der Waals surface area contributed by atoms with Crippen molar-refractivity contribution in [3.63, 3.8) is 0 Å². The number of halogens is 3. The van der Waals surface area contributed by atoms with E-state index in [1.807, 2.05) is 6.07 Å². The lowest BCUT2D eigenvalue weighted by molar-refractivity contribution is -0.274. The van der Waals surface area contributed by atoms with Crippen LogP contribution in [0.15, 0.2) is 24.3 Å². The highest BCUT2D eigenvalue weighted by molar-refractivity contribution is 5.31. The molecule has 2 aliphatic rings. The molecule has 0 aromatic heterocycles. The number of hydrogen-bond donors (Lipinski definition) is 2. The van der Waals surface area contributed by atoms with Crippen molar-refractivity contribution < 1.29 is 22.6 Å². The second kappa shape index (κ2) is 8.59. The molecule has 0 radical (unpaired) electrons. The van der Waals surface area contributed by atoms with E-state index in [0.29, 0.717) is 6.61 Å². The number of nitrogens with two attached hydrogens (primary N) is 1. The third kappa shape index (κ3) is 5.59. The van der Waals surface area contributed by atoms with Crippen LogP contribution in [-0.4, -0.2) is 37.7 Å². The molecule has 0 bridgehead atoms. The minimum Gasteiger partial charge on any atom is -0.406 e. The van der Waals surface area contributed by atoms with Crippen LogP contribution in [0.5, 0.6) is 5.75 Å². The van der Waals surface area contributed by atoms with Gasteiger partial charge < -0.3 is 20.5 Å². The summed E-state index contributed by atoms with van der Waals surface area (Å²) in [6, 6.07) is 6.71. The molecule has 3 N–H and O–H groups in total. The number of hydrogen-bond acceptors (Lipinski definition) is 4. The molecule has 1 heterocycles. The minimum absolute atomic E-state index is 0.147. The molecule has 0 spiro atoms. The summed E-state index contributed by atoms with van der Waals surface area (Å²) in [5, 5.41) is 3.41. The second-order valence-corrected chi connectivity index (χ2v) is 7.29. The first-order valence-corrected chi connectivity index (χ1v) is 9.37. The van der Waals surface area contributed by atoms with Crippen molar-refractivity contribution in [2.24, 2.45) is 5.73 Å². The van der Waals surface area contributed by atoms with Gasteiger partial charge in [-0.15, -0.1) is 13.2 Å². The highest BCUT2D eigenvalue weighted by Crippen LogP contribution is 2.36. The van der Waals surface area contributed by atoms with Gasteiger partial charge in [-0.2, -0.15) is 0 Å². The quantitative estimate of drug-likeness (QED) is 0.827. The maximum Gasteiger partial charge on any atom is 0.573 e. The van der Waals surface area contributed by atoms with E-state index in [4.69, 9.17) is 10.5 Å². The van der Waals surface area contributed by atoms with Gasteiger partial charge in [-0.1, -0.05) is 12.1 Å². The predicted octanol–water partition coefficient (Wildman–Crippen LogP) is 3.71. The van der Waals surface area contributed by atoms with Gasteiger partial charge in [0.05, 0.1) is 12.7 Å². The molecule has 3 rings (SSSR count). The molecule has 146 valence electrons. The minimum atomic E-state index is -4.65. The fourth-order valence-electron chi connectivity index (χ4n) is 3.93. The lowest BCUT2D eigenvalue weighted by Crippen LogP contribution is -2.52. The average molecular weight is 372 g/mol. The van der Waals surface area contributed by atoms with E-state index in [2.05, 4.69) is 10.1 Å². The molecule has 26 heavy (non-hydrogen) atoms. The summed E-state index contributed by atoms with van der Waals surface area (Å²) >= 11 is 0. The Hall–Kier alpha value is -1.31. The monoisotopic (exact) mass is 372 g/mol. The molecule has 1 saturated heterocycles. The summed E-state index contributed by atoms with van der Waals surface area (Å²) in [7, 11) is 0. The summed E-state index contributed by atoms with van der Waals surface area (Å²) < 4.78 is 47.2. The molecule has 2 unspecified atom stereocenters. The molecule has 1 aliphatic carbocycles. The Morgan fingerprint density at radius 1 is 1.12 bits per heavy atom. The van der Waals surface area contributed by atoms with Crippen molar-refractivity contribution in [1.82, 2.24) is 5.32 Å². The first-order chi connectivity index (χ1) is 12.4. The first kappa shape index (κ1) is 19.5. The van der Waals surface area contributed by atoms with Gasteiger partial charge >= 0.3 is 6.36 Å². The molecule has 1 aromatic carbocycles. The smallest absolute Gasteiger partial charge is 0.406 e. The van der Waals surface area contributed by atoms with E-state index in [9.17, 15) is 13.2 Å². The Kier molecular flexibility index (Phi) is 6.42. The molecule has 1 aromatic rings. The molecular formula is C19H27F3N2O2. The maximum absolute atomic E-state index is 12.4. The van der Waals surface area contributed by atoms with Crippen LogP contribution in [0.25, 0.3) is 0 Å². The molecule has 1 saturated carbocycles. The highest BCUT2D eigenvalue weighted by atomic mass is 19.4. The Labute approximate surface area is 152 Å². The van der Waals surface area contributed by atoms with Crippen LogP contribution in [0, 0.1) is 0 Å². The Morgan fingerprint density at radius 3 is 2.58 bits per heavy atom. The van der Waals surface area contributed by atoms with Crippen LogP contribution in [0.3, 0.4) is 0 Å². The number of piperidine rings is 1. The van der Waals surface area contributed by atoms with Crippen LogP contribution in [0.1, 0.15) is 50.0 Å². The summed E-state index contributed by atoms with van der Waals surface area (Å²) in [4.78, 5) is 0. The zero-order chi connectivity index (χ0) is 18.6. The predicted molar refractivity (Wildman–Crippen MR) is 93.1 cm³/mol. The van der Waals surface area contributed by atoms with E-state index >= 15 is 0 Å². The summed E-state index contributed by atoms with van der Waals surface area (Å²) in [5.74, 6) is 0.104. The second-order valence-electron chi connectivity index (χ2n) is 7.29. The van der Waals surface area contributed by atoms with E-state index in [-0.39, 0.29) is 29.9 Å². The number of ether oxygens (including phenoxy) is 2. The topological polar surface area (TPSA) is 56.5 Å². The zero-order valence-electron chi connectivity index (χ0n) is 14.8. The lowest BCUT2D eigenvalue weighted by Gasteiger charge is -2.33. The largest absolute Gasteiger partial charge is 0.573 e. The van der Waals surface area contributed by atoms with Crippen molar-refractivity contribution in [2.75, 3.05) is 13.2 Å². The van der Waals surface area contributed by atoms with E-state index < -0.39 is 6.36 Å². The number of benzene rings is 1. The van der Waals surface area contributed by atoms with E-state index in [1.54, 1.807) is 6.07 Å². The summed E-state index contributed by atoms with van der Waals surface area (Å²) in [6.07, 6.45) is 1.33. The third-order valence-corrected chi connectivity index (χ3v) is 5.39. The van der Waals surface area contributed by atoms with Crippen LogP contribution in [0.4, 0.5) is 13.2 Å². The third-order valence-electron chi connectivity index (χ3n) is 5.39. The van der Waals surface area contributed by atoms with Crippen LogP contribution >= 0.6 is 0 Å². The average Bonchev–Trinajstić information content (AvgIpc) is 2.60. The fraction of sp³-hybridized carbons (Fsp3) is 0.684. The summed E-state index contributed by atoms with van der Waals surface area (Å²) in [6.45, 7) is 1.62. The van der Waals surface area contributed by atoms with Gasteiger partial charge in [-0.25, -0.2) is 0 Å². The zero-order valence-corrected chi connectivity index (χ0v) is 14.8. The van der Waals surface area contributed by atoms with Crippen LogP contribution in [0.2, 0.25) is 0 Å². The van der Waals surface area contributed by atoms with Gasteiger partial charge in [0.1, 0.15) is 5.75 Å². The first-order valence-electron chi connectivity index (χ1n) is 9.37. The van der Waals surface area contributed by atoms with Crippen molar-refractivity contribution >= 4 is 0 Å². The van der Waals surface area contributed by atoms with Gasteiger partial charge in [0.25, 0.3) is 0 Å². The molecule has 1 aliphatic heterocycles. The Balaban J connectivity index is 1.47. The molecule has 4 nitrogen and oxygen atoms in total. The SMILES string of the molecule is NC1CCCNC1COC1CCC(c2cccc(OC(F)(F)F)c2)CC1. The van der Waals surface area contributed by atoms with Crippen molar-refractivity contribution in [3.05, 3.63) is 29.8 Å². The number of alkyl halides is 3. The number of rotatable bonds is 5. The van der Waals surface area contributed by atoms with Gasteiger partial charge in [-0.05, 0) is 68.7 Å². The van der Waals surface area contributed by atoms with E-state index in [0.717, 1.165) is 50.6 Å². The van der Waals surface area contributed by atoms with Crippen molar-refractivity contribution in [1.29, 1.82) is 0 Å². The molecule has 2 fully saturated rings. The normalized spacial score (nSPS) is 30.2. The van der Waals surface area contributed by atoms with Gasteiger partial charge in [0.2, 0.25) is 0 Å². The maximum atomic E-state index is 12.4. The van der Waals surface area contributed by atoms with Gasteiger partial charge in [-0.3, -0.25) is 0 Å². The molecule has 7 heteroatoms. The lowest BCUT2D eigenvalue weighted by atomic mass is 9.82. The van der Waals surface area contributed by atoms with Crippen LogP contribution < -0.4 is 15.8 Å². The molecule has 0 amide bonds. The molecular weight excluding hydrogens is 345 g/mol.